The number of ether oxygens (including phenoxy) is 2. The van der Waals surface area contributed by atoms with Gasteiger partial charge in [0.05, 0.1) is 26.0 Å². The minimum absolute atomic E-state index is 0.0401. The van der Waals surface area contributed by atoms with Crippen LogP contribution in [0.1, 0.15) is 18.5 Å². The Morgan fingerprint density at radius 3 is 2.29 bits per heavy atom. The first kappa shape index (κ1) is 22.8. The molecular weight excluding hydrogens is 449 g/mol. The van der Waals surface area contributed by atoms with Crippen LogP contribution in [0.3, 0.4) is 0 Å². The van der Waals surface area contributed by atoms with Crippen molar-refractivity contribution in [3.8, 4) is 11.5 Å². The highest BCUT2D eigenvalue weighted by molar-refractivity contribution is 5.97. The molecule has 9 heteroatoms. The van der Waals surface area contributed by atoms with Gasteiger partial charge in [0.15, 0.2) is 0 Å². The Hall–Kier alpha value is -4.01. The second-order valence-electron chi connectivity index (χ2n) is 8.63. The molecule has 2 aliphatic rings. The van der Waals surface area contributed by atoms with Gasteiger partial charge >= 0.3 is 0 Å². The summed E-state index contributed by atoms with van der Waals surface area (Å²) in [5.74, 6) is 1.80. The Morgan fingerprint density at radius 1 is 1.00 bits per heavy atom. The van der Waals surface area contributed by atoms with Crippen LogP contribution in [0, 0.1) is 5.82 Å². The molecule has 0 spiro atoms. The van der Waals surface area contributed by atoms with Crippen LogP contribution in [-0.4, -0.2) is 61.0 Å². The van der Waals surface area contributed by atoms with E-state index in [2.05, 4.69) is 15.3 Å². The summed E-state index contributed by atoms with van der Waals surface area (Å²) in [6.07, 6.45) is 1.72. The molecular formula is C26H28FN5O3. The van der Waals surface area contributed by atoms with Crippen LogP contribution >= 0.6 is 0 Å². The molecule has 3 aromatic rings. The Balaban J connectivity index is 1.45. The van der Waals surface area contributed by atoms with Crippen molar-refractivity contribution in [1.29, 1.82) is 0 Å². The molecule has 1 atom stereocenters. The number of fused-ring (bicyclic) bond motifs is 1. The minimum Gasteiger partial charge on any atom is -0.497 e. The fraction of sp³-hybridized carbons (Fsp3) is 0.308. The van der Waals surface area contributed by atoms with E-state index in [0.29, 0.717) is 43.3 Å². The molecule has 1 aromatic heterocycles. The van der Waals surface area contributed by atoms with Gasteiger partial charge in [0.1, 0.15) is 29.2 Å². The highest BCUT2D eigenvalue weighted by Gasteiger charge is 2.36. The van der Waals surface area contributed by atoms with Gasteiger partial charge in [-0.3, -0.25) is 4.79 Å². The zero-order valence-corrected chi connectivity index (χ0v) is 20.0. The van der Waals surface area contributed by atoms with Crippen LogP contribution in [-0.2, 0) is 4.79 Å². The van der Waals surface area contributed by atoms with Gasteiger partial charge in [0, 0.05) is 49.7 Å². The third-order valence-corrected chi connectivity index (χ3v) is 6.59. The molecule has 2 aliphatic heterocycles. The van der Waals surface area contributed by atoms with E-state index in [1.165, 1.54) is 12.1 Å². The molecule has 1 fully saturated rings. The summed E-state index contributed by atoms with van der Waals surface area (Å²) in [5, 5.41) is 7.86. The maximum Gasteiger partial charge on any atom is 0.254 e. The van der Waals surface area contributed by atoms with Crippen LogP contribution in [0.25, 0.3) is 0 Å². The average Bonchev–Trinajstić information content (AvgIpc) is 3.35. The van der Waals surface area contributed by atoms with Crippen LogP contribution in [0.5, 0.6) is 11.5 Å². The standard InChI is InChI=1S/C26H28FN5O3/c1-17-24(26(33)31-12-10-30(11-13-31)20-6-4-19(27)5-7-20)25(32-23(29-17)8-9-28-32)18-14-21(34-2)16-22(15-18)35-3/h4-9,14-16,25,29H,10-13H2,1-3H3. The van der Waals surface area contributed by atoms with Crippen LogP contribution < -0.4 is 19.7 Å². The van der Waals surface area contributed by atoms with Crippen molar-refractivity contribution in [2.75, 3.05) is 50.6 Å². The predicted molar refractivity (Wildman–Crippen MR) is 131 cm³/mol. The number of carbonyl (C=O) groups is 1. The van der Waals surface area contributed by atoms with Gasteiger partial charge < -0.3 is 24.6 Å². The number of piperazine rings is 1. The highest BCUT2D eigenvalue weighted by atomic mass is 19.1. The van der Waals surface area contributed by atoms with Gasteiger partial charge in [-0.2, -0.15) is 5.10 Å². The normalized spacial score (nSPS) is 17.7. The van der Waals surface area contributed by atoms with Gasteiger partial charge in [0.2, 0.25) is 0 Å². The molecule has 8 nitrogen and oxygen atoms in total. The lowest BCUT2D eigenvalue weighted by molar-refractivity contribution is -0.128. The van der Waals surface area contributed by atoms with E-state index in [9.17, 15) is 9.18 Å². The fourth-order valence-electron chi connectivity index (χ4n) is 4.77. The van der Waals surface area contributed by atoms with Crippen molar-refractivity contribution >= 4 is 17.4 Å². The number of hydrogen-bond donors (Lipinski definition) is 1. The monoisotopic (exact) mass is 477 g/mol. The topological polar surface area (TPSA) is 71.9 Å². The van der Waals surface area contributed by atoms with Crippen LogP contribution in [0.15, 0.2) is 66.0 Å². The minimum atomic E-state index is -0.437. The number of aromatic nitrogens is 2. The summed E-state index contributed by atoms with van der Waals surface area (Å²) in [4.78, 5) is 18.0. The number of benzene rings is 2. The summed E-state index contributed by atoms with van der Waals surface area (Å²) in [6.45, 7) is 4.38. The van der Waals surface area contributed by atoms with Crippen molar-refractivity contribution < 1.29 is 18.7 Å². The second kappa shape index (κ2) is 9.32. The van der Waals surface area contributed by atoms with E-state index in [4.69, 9.17) is 9.47 Å². The first-order valence-electron chi connectivity index (χ1n) is 11.5. The molecule has 182 valence electrons. The lowest BCUT2D eigenvalue weighted by atomic mass is 9.93. The lowest BCUT2D eigenvalue weighted by Crippen LogP contribution is -2.50. The van der Waals surface area contributed by atoms with Gasteiger partial charge in [-0.25, -0.2) is 9.07 Å². The molecule has 5 rings (SSSR count). The summed E-state index contributed by atoms with van der Waals surface area (Å²) in [5.41, 5.74) is 3.22. The third kappa shape index (κ3) is 4.29. The van der Waals surface area contributed by atoms with Crippen molar-refractivity contribution in [2.24, 2.45) is 0 Å². The predicted octanol–water partition coefficient (Wildman–Crippen LogP) is 3.68. The number of methoxy groups -OCH3 is 2. The number of hydrogen-bond acceptors (Lipinski definition) is 6. The fourth-order valence-corrected chi connectivity index (χ4v) is 4.77. The van der Waals surface area contributed by atoms with E-state index < -0.39 is 6.04 Å². The molecule has 0 saturated carbocycles. The van der Waals surface area contributed by atoms with Crippen molar-refractivity contribution in [2.45, 2.75) is 13.0 Å². The summed E-state index contributed by atoms with van der Waals surface area (Å²) in [7, 11) is 3.21. The molecule has 0 aliphatic carbocycles. The molecule has 0 bridgehead atoms. The maximum absolute atomic E-state index is 13.9. The van der Waals surface area contributed by atoms with E-state index in [-0.39, 0.29) is 11.7 Å². The highest BCUT2D eigenvalue weighted by Crippen LogP contribution is 2.39. The first-order valence-corrected chi connectivity index (χ1v) is 11.5. The first-order chi connectivity index (χ1) is 17.0. The lowest BCUT2D eigenvalue weighted by Gasteiger charge is -2.38. The second-order valence-corrected chi connectivity index (χ2v) is 8.63. The number of halogens is 1. The Morgan fingerprint density at radius 2 is 1.66 bits per heavy atom. The summed E-state index contributed by atoms with van der Waals surface area (Å²) in [6, 6.07) is 13.6. The Labute approximate surface area is 203 Å². The quantitative estimate of drug-likeness (QED) is 0.605. The third-order valence-electron chi connectivity index (χ3n) is 6.59. The van der Waals surface area contributed by atoms with Gasteiger partial charge in [0.25, 0.3) is 5.91 Å². The van der Waals surface area contributed by atoms with Crippen LogP contribution in [0.4, 0.5) is 15.9 Å². The number of nitrogens with one attached hydrogen (secondary N) is 1. The Kier molecular flexibility index (Phi) is 6.07. The molecule has 1 N–H and O–H groups in total. The number of carbonyl (C=O) groups excluding carboxylic acids is 1. The van der Waals surface area contributed by atoms with E-state index in [0.717, 1.165) is 22.8 Å². The van der Waals surface area contributed by atoms with Gasteiger partial charge in [-0.05, 0) is 48.9 Å². The zero-order chi connectivity index (χ0) is 24.5. The maximum atomic E-state index is 13.9. The number of rotatable bonds is 5. The van der Waals surface area contributed by atoms with E-state index in [1.54, 1.807) is 38.6 Å². The molecule has 35 heavy (non-hydrogen) atoms. The summed E-state index contributed by atoms with van der Waals surface area (Å²) >= 11 is 0. The number of nitrogens with zero attached hydrogens (tertiary/aromatic N) is 4. The molecule has 1 amide bonds. The number of amides is 1. The van der Waals surface area contributed by atoms with E-state index >= 15 is 0 Å². The zero-order valence-electron chi connectivity index (χ0n) is 20.0. The molecule has 3 heterocycles. The average molecular weight is 478 g/mol. The van der Waals surface area contributed by atoms with Gasteiger partial charge in [-0.1, -0.05) is 0 Å². The van der Waals surface area contributed by atoms with Crippen molar-refractivity contribution in [3.05, 3.63) is 77.4 Å². The van der Waals surface area contributed by atoms with Crippen molar-refractivity contribution in [3.63, 3.8) is 0 Å². The largest absolute Gasteiger partial charge is 0.497 e. The molecule has 0 radical (unpaired) electrons. The van der Waals surface area contributed by atoms with Crippen LogP contribution in [0.2, 0.25) is 0 Å². The Bertz CT molecular complexity index is 1240. The SMILES string of the molecule is COc1cc(OC)cc(C2C(C(=O)N3CCN(c4ccc(F)cc4)CC3)=C(C)Nc3ccnn32)c1. The van der Waals surface area contributed by atoms with E-state index in [1.807, 2.05) is 34.7 Å². The summed E-state index contributed by atoms with van der Waals surface area (Å²) < 4.78 is 26.1. The number of anilines is 2. The molecule has 1 saturated heterocycles. The smallest absolute Gasteiger partial charge is 0.254 e. The molecule has 1 unspecified atom stereocenters. The van der Waals surface area contributed by atoms with Crippen molar-refractivity contribution in [1.82, 2.24) is 14.7 Å². The van der Waals surface area contributed by atoms with Gasteiger partial charge in [-0.15, -0.1) is 0 Å². The number of allylic oxidation sites excluding steroid dienone is 1. The molecule has 2 aromatic carbocycles.